The molecule has 0 radical (unpaired) electrons. The molecular weight excluding hydrogens is 213 g/mol. The summed E-state index contributed by atoms with van der Waals surface area (Å²) in [6.07, 6.45) is 6.27. The van der Waals surface area contributed by atoms with Crippen LogP contribution in [0.3, 0.4) is 0 Å². The second kappa shape index (κ2) is 7.31. The summed E-state index contributed by atoms with van der Waals surface area (Å²) in [4.78, 5) is 0. The van der Waals surface area contributed by atoms with E-state index < -0.39 is 0 Å². The van der Waals surface area contributed by atoms with E-state index in [9.17, 15) is 4.39 Å². The van der Waals surface area contributed by atoms with Gasteiger partial charge in [0, 0.05) is 11.7 Å². The van der Waals surface area contributed by atoms with Crippen LogP contribution < -0.4 is 5.32 Å². The number of nitrogens with one attached hydrogen (secondary N) is 1. The van der Waals surface area contributed by atoms with Crippen molar-refractivity contribution in [3.05, 3.63) is 29.6 Å². The van der Waals surface area contributed by atoms with Gasteiger partial charge >= 0.3 is 0 Å². The van der Waals surface area contributed by atoms with Crippen molar-refractivity contribution in [2.45, 2.75) is 58.9 Å². The molecule has 1 aromatic carbocycles. The fourth-order valence-corrected chi connectivity index (χ4v) is 2.05. The van der Waals surface area contributed by atoms with Gasteiger partial charge in [-0.1, -0.05) is 32.6 Å². The molecule has 0 bridgehead atoms. The Morgan fingerprint density at radius 1 is 1.18 bits per heavy atom. The first-order valence-electron chi connectivity index (χ1n) is 6.65. The maximum atomic E-state index is 13.2. The highest BCUT2D eigenvalue weighted by Crippen LogP contribution is 2.16. The summed E-state index contributed by atoms with van der Waals surface area (Å²) in [6, 6.07) is 5.52. The maximum Gasteiger partial charge on any atom is 0.125 e. The van der Waals surface area contributed by atoms with Gasteiger partial charge in [-0.15, -0.1) is 0 Å². The van der Waals surface area contributed by atoms with Crippen LogP contribution in [-0.2, 0) is 0 Å². The number of halogens is 1. The van der Waals surface area contributed by atoms with Crippen LogP contribution in [0.15, 0.2) is 18.2 Å². The van der Waals surface area contributed by atoms with Crippen LogP contribution in [0.5, 0.6) is 0 Å². The Bertz CT molecular complexity index is 315. The van der Waals surface area contributed by atoms with E-state index in [-0.39, 0.29) is 5.82 Å². The largest absolute Gasteiger partial charge is 0.383 e. The van der Waals surface area contributed by atoms with Crippen molar-refractivity contribution < 1.29 is 4.39 Å². The zero-order valence-corrected chi connectivity index (χ0v) is 11.2. The van der Waals surface area contributed by atoms with E-state index in [1.807, 2.05) is 13.0 Å². The standard InChI is InChI=1S/C15H24FN/c1-4-5-6-7-8-13(3)17-15-10-12(2)9-14(16)11-15/h9-11,13,17H,4-8H2,1-3H3. The van der Waals surface area contributed by atoms with Gasteiger partial charge in [0.25, 0.3) is 0 Å². The molecule has 0 saturated carbocycles. The van der Waals surface area contributed by atoms with Crippen LogP contribution in [0, 0.1) is 12.7 Å². The second-order valence-corrected chi connectivity index (χ2v) is 4.91. The molecule has 1 unspecified atom stereocenters. The third kappa shape index (κ3) is 5.71. The summed E-state index contributed by atoms with van der Waals surface area (Å²) < 4.78 is 13.2. The molecule has 0 aromatic heterocycles. The Labute approximate surface area is 104 Å². The van der Waals surface area contributed by atoms with Crippen molar-refractivity contribution in [3.63, 3.8) is 0 Å². The molecule has 0 spiro atoms. The van der Waals surface area contributed by atoms with E-state index in [1.165, 1.54) is 25.7 Å². The lowest BCUT2D eigenvalue weighted by Gasteiger charge is -2.15. The van der Waals surface area contributed by atoms with E-state index in [0.717, 1.165) is 17.7 Å². The summed E-state index contributed by atoms with van der Waals surface area (Å²) in [5.41, 5.74) is 1.86. The molecule has 0 aliphatic heterocycles. The summed E-state index contributed by atoms with van der Waals surface area (Å²) in [7, 11) is 0. The SMILES string of the molecule is CCCCCCC(C)Nc1cc(C)cc(F)c1. The minimum Gasteiger partial charge on any atom is -0.383 e. The van der Waals surface area contributed by atoms with Gasteiger partial charge in [0.05, 0.1) is 0 Å². The van der Waals surface area contributed by atoms with E-state index in [2.05, 4.69) is 19.2 Å². The molecule has 1 rings (SSSR count). The molecule has 1 N–H and O–H groups in total. The van der Waals surface area contributed by atoms with Crippen molar-refractivity contribution in [2.24, 2.45) is 0 Å². The zero-order chi connectivity index (χ0) is 12.7. The second-order valence-electron chi connectivity index (χ2n) is 4.91. The molecule has 0 saturated heterocycles. The van der Waals surface area contributed by atoms with Crippen LogP contribution in [0.4, 0.5) is 10.1 Å². The Morgan fingerprint density at radius 3 is 2.59 bits per heavy atom. The topological polar surface area (TPSA) is 12.0 Å². The molecule has 1 aromatic rings. The normalized spacial score (nSPS) is 12.5. The molecule has 2 heteroatoms. The van der Waals surface area contributed by atoms with Crippen molar-refractivity contribution in [1.29, 1.82) is 0 Å². The van der Waals surface area contributed by atoms with Gasteiger partial charge in [-0.2, -0.15) is 0 Å². The van der Waals surface area contributed by atoms with Gasteiger partial charge in [-0.3, -0.25) is 0 Å². The molecule has 17 heavy (non-hydrogen) atoms. The maximum absolute atomic E-state index is 13.2. The Balaban J connectivity index is 2.36. The first kappa shape index (κ1) is 14.0. The zero-order valence-electron chi connectivity index (χ0n) is 11.2. The number of rotatable bonds is 7. The summed E-state index contributed by atoms with van der Waals surface area (Å²) >= 11 is 0. The van der Waals surface area contributed by atoms with Gasteiger partial charge in [0.15, 0.2) is 0 Å². The first-order valence-corrected chi connectivity index (χ1v) is 6.65. The van der Waals surface area contributed by atoms with E-state index in [1.54, 1.807) is 12.1 Å². The fraction of sp³-hybridized carbons (Fsp3) is 0.600. The van der Waals surface area contributed by atoms with Gasteiger partial charge < -0.3 is 5.32 Å². The van der Waals surface area contributed by atoms with Crippen molar-refractivity contribution in [3.8, 4) is 0 Å². The summed E-state index contributed by atoms with van der Waals surface area (Å²) in [5, 5.41) is 3.36. The monoisotopic (exact) mass is 237 g/mol. The number of benzene rings is 1. The van der Waals surface area contributed by atoms with Crippen LogP contribution in [-0.4, -0.2) is 6.04 Å². The molecule has 1 atom stereocenters. The fourth-order valence-electron chi connectivity index (χ4n) is 2.05. The van der Waals surface area contributed by atoms with Gasteiger partial charge in [-0.25, -0.2) is 4.39 Å². The number of hydrogen-bond donors (Lipinski definition) is 1. The highest BCUT2D eigenvalue weighted by molar-refractivity contribution is 5.46. The predicted octanol–water partition coefficient (Wildman–Crippen LogP) is 4.90. The number of anilines is 1. The molecule has 96 valence electrons. The summed E-state index contributed by atoms with van der Waals surface area (Å²) in [5.74, 6) is -0.161. The molecular formula is C15H24FN. The summed E-state index contributed by atoms with van der Waals surface area (Å²) in [6.45, 7) is 6.30. The van der Waals surface area contributed by atoms with Gasteiger partial charge in [-0.05, 0) is 44.0 Å². The number of aryl methyl sites for hydroxylation is 1. The third-order valence-electron chi connectivity index (χ3n) is 2.95. The van der Waals surface area contributed by atoms with Crippen LogP contribution in [0.1, 0.15) is 51.5 Å². The Kier molecular flexibility index (Phi) is 6.03. The van der Waals surface area contributed by atoms with E-state index in [0.29, 0.717) is 6.04 Å². The minimum absolute atomic E-state index is 0.161. The van der Waals surface area contributed by atoms with Crippen molar-refractivity contribution in [2.75, 3.05) is 5.32 Å². The smallest absolute Gasteiger partial charge is 0.125 e. The van der Waals surface area contributed by atoms with Crippen molar-refractivity contribution >= 4 is 5.69 Å². The first-order chi connectivity index (χ1) is 8.11. The highest BCUT2D eigenvalue weighted by Gasteiger charge is 2.03. The number of unbranched alkanes of at least 4 members (excludes halogenated alkanes) is 3. The lowest BCUT2D eigenvalue weighted by atomic mass is 10.1. The quantitative estimate of drug-likeness (QED) is 0.665. The van der Waals surface area contributed by atoms with E-state index >= 15 is 0 Å². The van der Waals surface area contributed by atoms with E-state index in [4.69, 9.17) is 0 Å². The average Bonchev–Trinajstić information content (AvgIpc) is 2.23. The van der Waals surface area contributed by atoms with Crippen LogP contribution in [0.25, 0.3) is 0 Å². The molecule has 0 aliphatic rings. The third-order valence-corrected chi connectivity index (χ3v) is 2.95. The molecule has 0 heterocycles. The minimum atomic E-state index is -0.161. The van der Waals surface area contributed by atoms with Crippen molar-refractivity contribution in [1.82, 2.24) is 0 Å². The lowest BCUT2D eigenvalue weighted by Crippen LogP contribution is -2.15. The van der Waals surface area contributed by atoms with Crippen LogP contribution >= 0.6 is 0 Å². The van der Waals surface area contributed by atoms with Gasteiger partial charge in [0.1, 0.15) is 5.82 Å². The predicted molar refractivity (Wildman–Crippen MR) is 73.0 cm³/mol. The molecule has 1 nitrogen and oxygen atoms in total. The Hall–Kier alpha value is -1.05. The Morgan fingerprint density at radius 2 is 1.94 bits per heavy atom. The number of hydrogen-bond acceptors (Lipinski definition) is 1. The molecule has 0 aliphatic carbocycles. The van der Waals surface area contributed by atoms with Gasteiger partial charge in [0.2, 0.25) is 0 Å². The highest BCUT2D eigenvalue weighted by atomic mass is 19.1. The molecule has 0 fully saturated rings. The lowest BCUT2D eigenvalue weighted by molar-refractivity contribution is 0.592. The van der Waals surface area contributed by atoms with Crippen LogP contribution in [0.2, 0.25) is 0 Å². The average molecular weight is 237 g/mol. The molecule has 0 amide bonds.